The zero-order valence-electron chi connectivity index (χ0n) is 88.3. The van der Waals surface area contributed by atoms with E-state index in [1.54, 1.807) is 33.3 Å². The summed E-state index contributed by atoms with van der Waals surface area (Å²) in [5.41, 5.74) is 6.50. The minimum atomic E-state index is -0.898. The largest absolute Gasteiger partial charge is 0.390 e. The lowest BCUT2D eigenvalue weighted by Gasteiger charge is -2.55. The molecule has 0 aromatic heterocycles. The number of carbonyl (C=O) groups is 6. The van der Waals surface area contributed by atoms with Crippen LogP contribution in [-0.2, 0) is 38.2 Å². The van der Waals surface area contributed by atoms with Crippen LogP contribution >= 0.6 is 0 Å². The number of hydrogen-bond acceptors (Lipinski definition) is 15. The number of fused-ring (bicyclic) bond motifs is 6. The fourth-order valence-corrected chi connectivity index (χ4v) is 27.4. The van der Waals surface area contributed by atoms with Crippen molar-refractivity contribution in [3.63, 3.8) is 0 Å². The summed E-state index contributed by atoms with van der Waals surface area (Å²) in [5.74, 6) is 5.56. The van der Waals surface area contributed by atoms with Crippen LogP contribution in [0.3, 0.4) is 0 Å². The molecule has 4 bridgehead atoms. The molecule has 10 saturated carbocycles. The maximum Gasteiger partial charge on any atom is 0.158 e. The summed E-state index contributed by atoms with van der Waals surface area (Å²) in [6.07, 6.45) is 51.7. The summed E-state index contributed by atoms with van der Waals surface area (Å²) >= 11 is 0. The maximum absolute atomic E-state index is 12.3. The van der Waals surface area contributed by atoms with E-state index in [1.807, 2.05) is 68.4 Å². The van der Waals surface area contributed by atoms with Gasteiger partial charge in [0.25, 0.3) is 0 Å². The Balaban J connectivity index is 0.000000170. The number of unbranched alkanes of at least 4 members (excludes halogenated alkanes) is 3. The highest BCUT2D eigenvalue weighted by molar-refractivity contribution is 5.97. The number of Topliss-reactive ketones (excluding diaryl/α,β-unsaturated/α-hetero) is 5. The average Bonchev–Trinajstić information content (AvgIpc) is 1.54. The quantitative estimate of drug-likeness (QED) is 0.0752. The van der Waals surface area contributed by atoms with Crippen molar-refractivity contribution >= 4 is 34.7 Å². The fourth-order valence-electron chi connectivity index (χ4n) is 27.4. The number of aliphatic hydroxyl groups excluding tert-OH is 1. The van der Waals surface area contributed by atoms with Gasteiger partial charge in [-0.3, -0.25) is 28.8 Å². The van der Waals surface area contributed by atoms with Crippen LogP contribution in [0.2, 0.25) is 0 Å². The highest BCUT2D eigenvalue weighted by Crippen LogP contribution is 2.67. The average molecular weight is 1830 g/mol. The van der Waals surface area contributed by atoms with E-state index < -0.39 is 33.6 Å². The van der Waals surface area contributed by atoms with Gasteiger partial charge in [-0.1, -0.05) is 130 Å². The Kier molecular flexibility index (Phi) is 36.3. The first-order valence-corrected chi connectivity index (χ1v) is 53.4. The molecule has 2 aliphatic heterocycles. The number of carbonyl (C=O) groups excluding carboxylic acids is 6. The van der Waals surface area contributed by atoms with Gasteiger partial charge in [-0.15, -0.1) is 0 Å². The van der Waals surface area contributed by atoms with Gasteiger partial charge in [-0.2, -0.15) is 0 Å². The van der Waals surface area contributed by atoms with E-state index >= 15 is 0 Å². The molecule has 16 aliphatic rings. The molecule has 3 unspecified atom stereocenters. The molecule has 15 heteroatoms. The Bertz CT molecular complexity index is 4090. The van der Waals surface area contributed by atoms with Gasteiger partial charge in [0.1, 0.15) is 23.1 Å². The zero-order chi connectivity index (χ0) is 97.9. The molecule has 2 heterocycles. The van der Waals surface area contributed by atoms with Crippen LogP contribution in [0.4, 0.5) is 0 Å². The molecule has 15 nitrogen and oxygen atoms in total. The summed E-state index contributed by atoms with van der Waals surface area (Å²) in [6, 6.07) is 0. The summed E-state index contributed by atoms with van der Waals surface area (Å²) in [4.78, 5) is 69.8. The van der Waals surface area contributed by atoms with Gasteiger partial charge in [0.15, 0.2) is 11.6 Å². The van der Waals surface area contributed by atoms with Crippen molar-refractivity contribution in [2.45, 2.75) is 544 Å². The van der Waals surface area contributed by atoms with Gasteiger partial charge >= 0.3 is 0 Å². The van der Waals surface area contributed by atoms with Crippen LogP contribution in [0, 0.1) is 91.7 Å². The molecule has 12 fully saturated rings. The Labute approximate surface area is 797 Å². The molecule has 20 atom stereocenters. The Morgan fingerprint density at radius 2 is 0.901 bits per heavy atom. The van der Waals surface area contributed by atoms with E-state index in [0.29, 0.717) is 96.2 Å². The van der Waals surface area contributed by atoms with Crippen LogP contribution in [-0.4, -0.2) is 133 Å². The summed E-state index contributed by atoms with van der Waals surface area (Å²) in [6.45, 7) is 58.2. The van der Waals surface area contributed by atoms with Gasteiger partial charge in [-0.05, 0) is 432 Å². The molecular weight excluding hydrogens is 1630 g/mol. The molecule has 14 aliphatic carbocycles. The van der Waals surface area contributed by atoms with Crippen molar-refractivity contribution < 1.29 is 74.0 Å². The minimum Gasteiger partial charge on any atom is -0.390 e. The predicted molar refractivity (Wildman–Crippen MR) is 532 cm³/mol. The molecule has 2 spiro atoms. The molecule has 0 aromatic rings. The molecule has 748 valence electrons. The smallest absolute Gasteiger partial charge is 0.158 e. The van der Waals surface area contributed by atoms with Crippen LogP contribution in [0.1, 0.15) is 482 Å². The van der Waals surface area contributed by atoms with Gasteiger partial charge in [-0.25, -0.2) is 0 Å². The maximum atomic E-state index is 12.3. The third kappa shape index (κ3) is 26.2. The lowest BCUT2D eigenvalue weighted by atomic mass is 9.53. The summed E-state index contributed by atoms with van der Waals surface area (Å²) in [5, 5.41) is 71.8. The number of ether oxygens (including phenoxy) is 2. The monoisotopic (exact) mass is 1830 g/mol. The molecule has 7 N–H and O–H groups in total. The number of hydrogen-bond donors (Lipinski definition) is 7. The zero-order valence-corrected chi connectivity index (χ0v) is 88.3. The van der Waals surface area contributed by atoms with Crippen LogP contribution in [0.5, 0.6) is 0 Å². The van der Waals surface area contributed by atoms with Crippen molar-refractivity contribution in [2.75, 3.05) is 0 Å². The van der Waals surface area contributed by atoms with E-state index in [-0.39, 0.29) is 91.3 Å². The molecule has 0 amide bonds. The second-order valence-corrected chi connectivity index (χ2v) is 51.7. The Morgan fingerprint density at radius 1 is 0.443 bits per heavy atom. The van der Waals surface area contributed by atoms with Crippen molar-refractivity contribution in [1.29, 1.82) is 0 Å². The molecule has 16 rings (SSSR count). The third-order valence-corrected chi connectivity index (χ3v) is 38.7. The first kappa shape index (κ1) is 111. The van der Waals surface area contributed by atoms with E-state index in [0.717, 1.165) is 191 Å². The normalized spacial score (nSPS) is 38.3. The third-order valence-electron chi connectivity index (χ3n) is 38.7. The second-order valence-electron chi connectivity index (χ2n) is 51.7. The van der Waals surface area contributed by atoms with Crippen molar-refractivity contribution in [2.24, 2.45) is 91.7 Å². The molecule has 0 aromatic carbocycles. The molecule has 131 heavy (non-hydrogen) atoms. The van der Waals surface area contributed by atoms with Crippen LogP contribution in [0.25, 0.3) is 0 Å². The lowest BCUT2D eigenvalue weighted by Crippen LogP contribution is -2.57. The Hall–Kier alpha value is -3.64. The van der Waals surface area contributed by atoms with Crippen LogP contribution in [0.15, 0.2) is 57.7 Å². The first-order chi connectivity index (χ1) is 60.4. The lowest BCUT2D eigenvalue weighted by molar-refractivity contribution is -0.175. The van der Waals surface area contributed by atoms with Gasteiger partial charge < -0.3 is 45.2 Å². The SMILES string of the molecule is C=C(C)[C@@H]1CCC(C)C(=O)C1.CC(C)(O)[C@@H]1CC[C@]2(C)CCC(=O)C=C2C1.CC(C)(O)[C@@H]1CC[C@]2(C)CCC(=O)C[C@]2(O)C1.CC1(C)O[C@@]23CC(=O)CC[C@@]2(C)CC[C@@H]1C3.CC1CC[C@@H](C(C)(C)O)CC1=O.CCCCC1=C2C[C@H](C(C)(C)O)CC[C@]2(C)CCC1=O.CCCCC1=C2C[C@H](C(C)(C)O)CC[C@]2(C)CCC1O.CCCCC1=CCC[C@@]2(C)CC[C@@H]3C[C@]12OC3(C)C. The number of allylic oxidation sites excluding steroid dienone is 7. The fraction of sp³-hybridized carbons (Fsp3) is 0.862. The van der Waals surface area contributed by atoms with E-state index in [2.05, 4.69) is 103 Å². The van der Waals surface area contributed by atoms with Gasteiger partial charge in [0.2, 0.25) is 0 Å². The highest BCUT2D eigenvalue weighted by atomic mass is 16.5. The summed E-state index contributed by atoms with van der Waals surface area (Å²) in [7, 11) is 0. The molecular formula is C116H194O15. The van der Waals surface area contributed by atoms with Gasteiger partial charge in [0.05, 0.1) is 62.1 Å². The highest BCUT2D eigenvalue weighted by Gasteiger charge is 2.66. The number of ketones is 6. The van der Waals surface area contributed by atoms with E-state index in [4.69, 9.17) is 9.47 Å². The van der Waals surface area contributed by atoms with Crippen molar-refractivity contribution in [1.82, 2.24) is 0 Å². The standard InChI is InChI=1S/C18H32O2.C18H30O2.C18H30O.C14H24O3.2C14H22O2.C10H18O2.C10H16O/c2*1-5-6-7-14-15-12-13(17(2,3)20)8-10-18(15,4)11-9-16(14)19;1-5-6-8-14-9-7-11-17(4)12-10-15-13-18(14,17)19-16(15,2)3;1-12(2,16)10-4-6-13(3)7-5-11(15)9-14(13,17)8-10;1-12(2)10-4-6-13(3)7-5-11(15)9-14(13,8-10)16-12;1-13(2,16)10-4-6-14(3)7-5-12(15)9-11(14)8-10;1-7-4-5-8(6-9(7)11)10(2,3)12;1-7(2)9-5-4-8(3)10(11)6-9/h13,16,19-20H,5-12H2,1-4H3;13,20H,5-12H2,1-4H3;9,15H,5-8,10-13H2,1-4H3;10,16-17H,4-9H2,1-3H3;10H,4-9H2,1-3H3;9-10,16H,4-8H2,1-3H3;7-8,12H,4-6H2,1-3H3;8-9H,1,4-6H2,2-3H3/t13-,16?,18-;13-,18-;15-,17+,18+;10-,13-,14-;10-,13-,14+;10-,14-;7?,8-;8?,9-/m11111111/s1. The first-order valence-electron chi connectivity index (χ1n) is 53.4. The number of aliphatic hydroxyl groups is 7. The molecule has 2 saturated heterocycles. The second kappa shape index (κ2) is 42.8. The molecule has 0 radical (unpaired) electrons. The van der Waals surface area contributed by atoms with E-state index in [1.165, 1.54) is 111 Å². The summed E-state index contributed by atoms with van der Waals surface area (Å²) < 4.78 is 13.2. The minimum absolute atomic E-state index is 0.0185. The van der Waals surface area contributed by atoms with Crippen molar-refractivity contribution in [3.05, 3.63) is 57.7 Å². The topological polar surface area (TPSA) is 262 Å². The van der Waals surface area contributed by atoms with E-state index in [9.17, 15) is 64.5 Å². The van der Waals surface area contributed by atoms with Crippen LogP contribution < -0.4 is 0 Å². The van der Waals surface area contributed by atoms with Gasteiger partial charge in [0, 0.05) is 68.6 Å². The number of rotatable bonds is 15. The predicted octanol–water partition coefficient (Wildman–Crippen LogP) is 26.2. The van der Waals surface area contributed by atoms with Crippen molar-refractivity contribution in [3.8, 4) is 0 Å². The Morgan fingerprint density at radius 3 is 1.46 bits per heavy atom.